The van der Waals surface area contributed by atoms with Gasteiger partial charge in [-0.1, -0.05) is 76.2 Å². The Labute approximate surface area is 201 Å². The zero-order chi connectivity index (χ0) is 21.3. The van der Waals surface area contributed by atoms with Crippen molar-refractivity contribution in [1.82, 2.24) is 4.90 Å². The SMILES string of the molecule is Clc1ccc(C2CN(Cc3ccc(Cl)cc3Cl)CCN2c2ccc(Cl)cc2Cl)cc1. The fourth-order valence-corrected chi connectivity index (χ4v) is 4.96. The topological polar surface area (TPSA) is 6.48 Å². The molecule has 0 spiro atoms. The quantitative estimate of drug-likeness (QED) is 0.358. The molecule has 1 saturated heterocycles. The predicted molar refractivity (Wildman–Crippen MR) is 130 cm³/mol. The second-order valence-electron chi connectivity index (χ2n) is 7.33. The first-order valence-corrected chi connectivity index (χ1v) is 11.4. The lowest BCUT2D eigenvalue weighted by atomic mass is 10.0. The van der Waals surface area contributed by atoms with Crippen LogP contribution in [-0.4, -0.2) is 24.5 Å². The van der Waals surface area contributed by atoms with E-state index in [-0.39, 0.29) is 6.04 Å². The van der Waals surface area contributed by atoms with E-state index in [0.717, 1.165) is 42.5 Å². The summed E-state index contributed by atoms with van der Waals surface area (Å²) in [6.45, 7) is 3.27. The van der Waals surface area contributed by atoms with Gasteiger partial charge in [0.05, 0.1) is 16.8 Å². The van der Waals surface area contributed by atoms with Crippen LogP contribution in [0.4, 0.5) is 5.69 Å². The summed E-state index contributed by atoms with van der Waals surface area (Å²) < 4.78 is 0. The van der Waals surface area contributed by atoms with E-state index < -0.39 is 0 Å². The Morgan fingerprint density at radius 1 is 0.700 bits per heavy atom. The monoisotopic (exact) mass is 498 g/mol. The minimum Gasteiger partial charge on any atom is -0.361 e. The molecule has 0 amide bonds. The van der Waals surface area contributed by atoms with Crippen LogP contribution < -0.4 is 4.90 Å². The van der Waals surface area contributed by atoms with Crippen LogP contribution in [0.3, 0.4) is 0 Å². The van der Waals surface area contributed by atoms with E-state index in [1.54, 1.807) is 12.1 Å². The molecule has 4 rings (SSSR count). The van der Waals surface area contributed by atoms with Gasteiger partial charge in [0.1, 0.15) is 0 Å². The average Bonchev–Trinajstić information content (AvgIpc) is 2.71. The third kappa shape index (κ3) is 5.02. The van der Waals surface area contributed by atoms with Gasteiger partial charge in [-0.3, -0.25) is 4.90 Å². The average molecular weight is 501 g/mol. The lowest BCUT2D eigenvalue weighted by Gasteiger charge is -2.43. The Morgan fingerprint density at radius 3 is 2.00 bits per heavy atom. The number of hydrogen-bond donors (Lipinski definition) is 0. The molecule has 0 bridgehead atoms. The van der Waals surface area contributed by atoms with Crippen LogP contribution in [0.15, 0.2) is 60.7 Å². The van der Waals surface area contributed by atoms with Crippen molar-refractivity contribution in [2.75, 3.05) is 24.5 Å². The summed E-state index contributed by atoms with van der Waals surface area (Å²) in [5, 5.41) is 3.33. The molecule has 1 atom stereocenters. The molecular weight excluding hydrogens is 482 g/mol. The molecule has 0 radical (unpaired) electrons. The summed E-state index contributed by atoms with van der Waals surface area (Å²) in [5.41, 5.74) is 3.22. The maximum atomic E-state index is 6.55. The van der Waals surface area contributed by atoms with Crippen LogP contribution in [0.5, 0.6) is 0 Å². The summed E-state index contributed by atoms with van der Waals surface area (Å²) in [4.78, 5) is 4.73. The van der Waals surface area contributed by atoms with Gasteiger partial charge >= 0.3 is 0 Å². The van der Waals surface area contributed by atoms with E-state index in [9.17, 15) is 0 Å². The highest BCUT2D eigenvalue weighted by molar-refractivity contribution is 6.36. The van der Waals surface area contributed by atoms with Crippen molar-refractivity contribution in [3.63, 3.8) is 0 Å². The Bertz CT molecular complexity index is 1040. The number of benzene rings is 3. The normalized spacial score (nSPS) is 17.4. The van der Waals surface area contributed by atoms with E-state index in [4.69, 9.17) is 58.0 Å². The second kappa shape index (κ2) is 9.56. The van der Waals surface area contributed by atoms with Crippen LogP contribution >= 0.6 is 58.0 Å². The van der Waals surface area contributed by atoms with Crippen LogP contribution in [0, 0.1) is 0 Å². The first-order chi connectivity index (χ1) is 14.4. The Hall–Kier alpha value is -1.13. The fourth-order valence-electron chi connectivity index (χ4n) is 3.85. The molecule has 1 fully saturated rings. The molecule has 30 heavy (non-hydrogen) atoms. The van der Waals surface area contributed by atoms with E-state index >= 15 is 0 Å². The molecule has 1 aliphatic heterocycles. The number of nitrogens with zero attached hydrogens (tertiary/aromatic N) is 2. The zero-order valence-corrected chi connectivity index (χ0v) is 19.7. The Balaban J connectivity index is 1.63. The second-order valence-corrected chi connectivity index (χ2v) is 9.45. The van der Waals surface area contributed by atoms with E-state index in [1.807, 2.05) is 36.4 Å². The number of piperazine rings is 1. The molecule has 3 aromatic rings. The minimum atomic E-state index is 0.112. The zero-order valence-electron chi connectivity index (χ0n) is 16.0. The minimum absolute atomic E-state index is 0.112. The number of rotatable bonds is 4. The summed E-state index contributed by atoms with van der Waals surface area (Å²) in [5.74, 6) is 0. The Kier molecular flexibility index (Phi) is 7.04. The van der Waals surface area contributed by atoms with Crippen LogP contribution in [0.1, 0.15) is 17.2 Å². The molecule has 3 aromatic carbocycles. The standard InChI is InChI=1S/C23H19Cl5N2/c24-17-4-1-15(2-5-17)23-14-29(13-16-3-6-18(25)11-20(16)27)9-10-30(23)22-8-7-19(26)12-21(22)28/h1-8,11-12,23H,9-10,13-14H2. The molecule has 1 heterocycles. The van der Waals surface area contributed by atoms with Gasteiger partial charge in [-0.15, -0.1) is 0 Å². The highest BCUT2D eigenvalue weighted by atomic mass is 35.5. The van der Waals surface area contributed by atoms with Crippen molar-refractivity contribution in [3.05, 3.63) is 96.9 Å². The molecule has 0 aromatic heterocycles. The fraction of sp³-hybridized carbons (Fsp3) is 0.217. The van der Waals surface area contributed by atoms with E-state index in [2.05, 4.69) is 21.9 Å². The molecule has 156 valence electrons. The molecule has 1 aliphatic rings. The van der Waals surface area contributed by atoms with Crippen LogP contribution in [0.25, 0.3) is 0 Å². The number of hydrogen-bond acceptors (Lipinski definition) is 2. The highest BCUT2D eigenvalue weighted by Crippen LogP contribution is 2.37. The van der Waals surface area contributed by atoms with Crippen LogP contribution in [-0.2, 0) is 6.54 Å². The Morgan fingerprint density at radius 2 is 1.33 bits per heavy atom. The molecule has 0 saturated carbocycles. The van der Waals surface area contributed by atoms with Crippen molar-refractivity contribution in [3.8, 4) is 0 Å². The van der Waals surface area contributed by atoms with Gasteiger partial charge in [-0.05, 0) is 53.6 Å². The summed E-state index contributed by atoms with van der Waals surface area (Å²) >= 11 is 31.3. The molecule has 0 N–H and O–H groups in total. The predicted octanol–water partition coefficient (Wildman–Crippen LogP) is 8.02. The molecule has 2 nitrogen and oxygen atoms in total. The third-order valence-electron chi connectivity index (χ3n) is 5.35. The first kappa shape index (κ1) is 22.1. The van der Waals surface area contributed by atoms with Gasteiger partial charge < -0.3 is 4.90 Å². The first-order valence-electron chi connectivity index (χ1n) is 9.54. The van der Waals surface area contributed by atoms with E-state index in [1.165, 1.54) is 5.56 Å². The van der Waals surface area contributed by atoms with Gasteiger partial charge in [0.15, 0.2) is 0 Å². The van der Waals surface area contributed by atoms with Gasteiger partial charge in [-0.2, -0.15) is 0 Å². The molecular formula is C23H19Cl5N2. The summed E-state index contributed by atoms with van der Waals surface area (Å²) in [7, 11) is 0. The van der Waals surface area contributed by atoms with Crippen molar-refractivity contribution >= 4 is 63.7 Å². The third-order valence-corrected chi connectivity index (χ3v) is 6.72. The maximum Gasteiger partial charge on any atom is 0.0670 e. The van der Waals surface area contributed by atoms with Crippen molar-refractivity contribution in [2.45, 2.75) is 12.6 Å². The largest absolute Gasteiger partial charge is 0.361 e. The molecule has 7 heteroatoms. The van der Waals surface area contributed by atoms with Gasteiger partial charge in [0, 0.05) is 46.3 Å². The van der Waals surface area contributed by atoms with Gasteiger partial charge in [0.25, 0.3) is 0 Å². The smallest absolute Gasteiger partial charge is 0.0670 e. The lowest BCUT2D eigenvalue weighted by molar-refractivity contribution is 0.215. The maximum absolute atomic E-state index is 6.55. The van der Waals surface area contributed by atoms with Crippen LogP contribution in [0.2, 0.25) is 25.1 Å². The molecule has 1 unspecified atom stereocenters. The van der Waals surface area contributed by atoms with Crippen molar-refractivity contribution in [2.24, 2.45) is 0 Å². The number of anilines is 1. The molecule has 0 aliphatic carbocycles. The van der Waals surface area contributed by atoms with Crippen molar-refractivity contribution < 1.29 is 0 Å². The lowest BCUT2D eigenvalue weighted by Crippen LogP contribution is -2.48. The summed E-state index contributed by atoms with van der Waals surface area (Å²) in [6.07, 6.45) is 0. The van der Waals surface area contributed by atoms with Gasteiger partial charge in [0.2, 0.25) is 0 Å². The van der Waals surface area contributed by atoms with Gasteiger partial charge in [-0.25, -0.2) is 0 Å². The highest BCUT2D eigenvalue weighted by Gasteiger charge is 2.30. The van der Waals surface area contributed by atoms with E-state index in [0.29, 0.717) is 20.1 Å². The summed E-state index contributed by atoms with van der Waals surface area (Å²) in [6, 6.07) is 19.4. The van der Waals surface area contributed by atoms with Crippen molar-refractivity contribution in [1.29, 1.82) is 0 Å². The number of halogens is 5.